The van der Waals surface area contributed by atoms with Gasteiger partial charge in [0.1, 0.15) is 24.3 Å². The molecule has 1 aromatic carbocycles. The third kappa shape index (κ3) is 3.73. The molecule has 0 atom stereocenters. The van der Waals surface area contributed by atoms with Gasteiger partial charge in [0.05, 0.1) is 0 Å². The van der Waals surface area contributed by atoms with Gasteiger partial charge in [-0.3, -0.25) is 4.79 Å². The lowest BCUT2D eigenvalue weighted by Crippen LogP contribution is -2.35. The first-order valence-corrected chi connectivity index (χ1v) is 8.11. The summed E-state index contributed by atoms with van der Waals surface area (Å²) in [4.78, 5) is 18.2. The molecule has 5 heteroatoms. The van der Waals surface area contributed by atoms with Crippen LogP contribution >= 0.6 is 0 Å². The first-order valence-electron chi connectivity index (χ1n) is 8.11. The number of nitrogens with zero attached hydrogens (tertiary/aromatic N) is 2. The highest BCUT2D eigenvalue weighted by atomic mass is 16.5. The zero-order chi connectivity index (χ0) is 16.2. The molecule has 1 saturated heterocycles. The van der Waals surface area contributed by atoms with Gasteiger partial charge in [0.15, 0.2) is 5.89 Å². The highest BCUT2D eigenvalue weighted by Gasteiger charge is 2.19. The first kappa shape index (κ1) is 15.6. The Morgan fingerprint density at radius 1 is 1.26 bits per heavy atom. The fraction of sp³-hybridized carbons (Fsp3) is 0.444. The van der Waals surface area contributed by atoms with Crippen LogP contribution in [0.4, 0.5) is 5.69 Å². The molecular weight excluding hydrogens is 292 g/mol. The third-order valence-corrected chi connectivity index (χ3v) is 3.92. The van der Waals surface area contributed by atoms with Gasteiger partial charge in [0, 0.05) is 24.6 Å². The number of aromatic nitrogens is 1. The fourth-order valence-corrected chi connectivity index (χ4v) is 2.61. The number of hydrogen-bond acceptors (Lipinski definition) is 4. The van der Waals surface area contributed by atoms with Crippen LogP contribution < -0.4 is 9.64 Å². The van der Waals surface area contributed by atoms with Gasteiger partial charge in [-0.05, 0) is 37.1 Å². The Bertz CT molecular complexity index is 661. The normalized spacial score (nSPS) is 15.3. The highest BCUT2D eigenvalue weighted by molar-refractivity contribution is 5.93. The molecule has 0 radical (unpaired) electrons. The average Bonchev–Trinajstić information content (AvgIpc) is 3.03. The lowest BCUT2D eigenvalue weighted by atomic mass is 10.1. The number of carbonyl (C=O) groups excluding carboxylic acids is 1. The van der Waals surface area contributed by atoms with E-state index in [1.807, 2.05) is 43.0 Å². The first-order chi connectivity index (χ1) is 11.1. The van der Waals surface area contributed by atoms with Crippen molar-refractivity contribution in [2.45, 2.75) is 45.6 Å². The summed E-state index contributed by atoms with van der Waals surface area (Å²) < 4.78 is 11.1. The Kier molecular flexibility index (Phi) is 4.65. The molecule has 3 rings (SSSR count). The second-order valence-electron chi connectivity index (χ2n) is 6.12. The van der Waals surface area contributed by atoms with Crippen LogP contribution in [0.25, 0.3) is 0 Å². The van der Waals surface area contributed by atoms with Crippen LogP contribution in [0.2, 0.25) is 0 Å². The van der Waals surface area contributed by atoms with Crippen LogP contribution in [0, 0.1) is 0 Å². The molecule has 1 amide bonds. The monoisotopic (exact) mass is 314 g/mol. The predicted octanol–water partition coefficient (Wildman–Crippen LogP) is 3.89. The quantitative estimate of drug-likeness (QED) is 0.840. The van der Waals surface area contributed by atoms with E-state index in [1.54, 1.807) is 6.26 Å². The number of ether oxygens (including phenoxy) is 1. The Morgan fingerprint density at radius 2 is 2.04 bits per heavy atom. The van der Waals surface area contributed by atoms with Crippen molar-refractivity contribution in [3.05, 3.63) is 42.1 Å². The summed E-state index contributed by atoms with van der Waals surface area (Å²) in [5.74, 6) is 1.95. The summed E-state index contributed by atoms with van der Waals surface area (Å²) in [5, 5.41) is 0. The zero-order valence-corrected chi connectivity index (χ0v) is 13.6. The van der Waals surface area contributed by atoms with E-state index in [4.69, 9.17) is 9.15 Å². The molecule has 0 saturated carbocycles. The van der Waals surface area contributed by atoms with E-state index in [0.717, 1.165) is 42.4 Å². The average molecular weight is 314 g/mol. The number of amides is 1. The second kappa shape index (κ2) is 6.86. The van der Waals surface area contributed by atoms with Crippen molar-refractivity contribution in [3.8, 4) is 5.75 Å². The van der Waals surface area contributed by atoms with Gasteiger partial charge in [-0.2, -0.15) is 0 Å². The van der Waals surface area contributed by atoms with E-state index in [2.05, 4.69) is 4.98 Å². The molecular formula is C18H22N2O3. The number of piperidine rings is 1. The maximum atomic E-state index is 11.9. The van der Waals surface area contributed by atoms with E-state index < -0.39 is 0 Å². The maximum Gasteiger partial charge on any atom is 0.226 e. The largest absolute Gasteiger partial charge is 0.487 e. The van der Waals surface area contributed by atoms with Gasteiger partial charge < -0.3 is 14.1 Å². The van der Waals surface area contributed by atoms with Crippen LogP contribution in [0.1, 0.15) is 50.6 Å². The van der Waals surface area contributed by atoms with Gasteiger partial charge in [-0.25, -0.2) is 4.98 Å². The van der Waals surface area contributed by atoms with Crippen LogP contribution in [0.5, 0.6) is 5.75 Å². The lowest BCUT2D eigenvalue weighted by Gasteiger charge is -2.26. The van der Waals surface area contributed by atoms with Crippen molar-refractivity contribution in [3.63, 3.8) is 0 Å². The minimum atomic E-state index is 0.203. The van der Waals surface area contributed by atoms with E-state index in [0.29, 0.717) is 13.0 Å². The summed E-state index contributed by atoms with van der Waals surface area (Å²) in [5.41, 5.74) is 1.72. The molecule has 0 aliphatic carbocycles. The summed E-state index contributed by atoms with van der Waals surface area (Å²) in [6, 6.07) is 7.64. The topological polar surface area (TPSA) is 55.6 Å². The molecule has 1 aliphatic heterocycles. The Balaban J connectivity index is 1.59. The molecule has 1 fully saturated rings. The van der Waals surface area contributed by atoms with Crippen LogP contribution in [0.15, 0.2) is 34.9 Å². The molecule has 23 heavy (non-hydrogen) atoms. The standard InChI is InChI=1S/C18H22N2O3/c1-13(2)18-19-14(12-23-18)11-22-16-8-6-15(7-9-16)20-10-4-3-5-17(20)21/h6-9,12-13H,3-5,10-11H2,1-2H3. The summed E-state index contributed by atoms with van der Waals surface area (Å²) in [6.07, 6.45) is 4.33. The minimum Gasteiger partial charge on any atom is -0.487 e. The number of anilines is 1. The van der Waals surface area contributed by atoms with E-state index >= 15 is 0 Å². The second-order valence-corrected chi connectivity index (χ2v) is 6.12. The molecule has 2 heterocycles. The molecule has 1 aromatic heterocycles. The van der Waals surface area contributed by atoms with Crippen molar-refractivity contribution in [2.75, 3.05) is 11.4 Å². The summed E-state index contributed by atoms with van der Waals surface area (Å²) >= 11 is 0. The molecule has 1 aliphatic rings. The molecule has 0 N–H and O–H groups in total. The van der Waals surface area contributed by atoms with Crippen molar-refractivity contribution >= 4 is 11.6 Å². The van der Waals surface area contributed by atoms with Gasteiger partial charge in [-0.15, -0.1) is 0 Å². The Labute approximate surface area is 136 Å². The van der Waals surface area contributed by atoms with Crippen molar-refractivity contribution in [1.82, 2.24) is 4.98 Å². The fourth-order valence-electron chi connectivity index (χ4n) is 2.61. The van der Waals surface area contributed by atoms with Crippen LogP contribution in [-0.4, -0.2) is 17.4 Å². The lowest BCUT2D eigenvalue weighted by molar-refractivity contribution is -0.119. The number of rotatable bonds is 5. The van der Waals surface area contributed by atoms with Crippen molar-refractivity contribution in [2.24, 2.45) is 0 Å². The molecule has 122 valence electrons. The predicted molar refractivity (Wildman–Crippen MR) is 87.6 cm³/mol. The van der Waals surface area contributed by atoms with Crippen LogP contribution in [-0.2, 0) is 11.4 Å². The number of benzene rings is 1. The van der Waals surface area contributed by atoms with Crippen molar-refractivity contribution in [1.29, 1.82) is 0 Å². The zero-order valence-electron chi connectivity index (χ0n) is 13.6. The Morgan fingerprint density at radius 3 is 2.70 bits per heavy atom. The highest BCUT2D eigenvalue weighted by Crippen LogP contribution is 2.24. The summed E-state index contributed by atoms with van der Waals surface area (Å²) in [7, 11) is 0. The van der Waals surface area contributed by atoms with Gasteiger partial charge in [0.2, 0.25) is 5.91 Å². The number of oxazole rings is 1. The third-order valence-electron chi connectivity index (χ3n) is 3.92. The molecule has 2 aromatic rings. The SMILES string of the molecule is CC(C)c1nc(COc2ccc(N3CCCCC3=O)cc2)co1. The molecule has 0 unspecified atom stereocenters. The van der Waals surface area contributed by atoms with Crippen LogP contribution in [0.3, 0.4) is 0 Å². The van der Waals surface area contributed by atoms with Gasteiger partial charge >= 0.3 is 0 Å². The van der Waals surface area contributed by atoms with Crippen molar-refractivity contribution < 1.29 is 13.9 Å². The Hall–Kier alpha value is -2.30. The van der Waals surface area contributed by atoms with E-state index in [-0.39, 0.29) is 11.8 Å². The molecule has 0 spiro atoms. The smallest absolute Gasteiger partial charge is 0.226 e. The van der Waals surface area contributed by atoms with E-state index in [1.165, 1.54) is 0 Å². The molecule has 5 nitrogen and oxygen atoms in total. The summed E-state index contributed by atoms with van der Waals surface area (Å²) in [6.45, 7) is 5.25. The minimum absolute atomic E-state index is 0.203. The molecule has 0 bridgehead atoms. The van der Waals surface area contributed by atoms with Gasteiger partial charge in [0.25, 0.3) is 0 Å². The van der Waals surface area contributed by atoms with Gasteiger partial charge in [-0.1, -0.05) is 13.8 Å². The van der Waals surface area contributed by atoms with E-state index in [9.17, 15) is 4.79 Å². The number of hydrogen-bond donors (Lipinski definition) is 0. The maximum absolute atomic E-state index is 11.9. The number of carbonyl (C=O) groups is 1.